The van der Waals surface area contributed by atoms with Gasteiger partial charge in [-0.3, -0.25) is 0 Å². The fourth-order valence-electron chi connectivity index (χ4n) is 1.77. The smallest absolute Gasteiger partial charge is 0.435 e. The van der Waals surface area contributed by atoms with Crippen LogP contribution in [0.15, 0.2) is 28.7 Å². The van der Waals surface area contributed by atoms with Crippen molar-refractivity contribution in [3.8, 4) is 11.3 Å². The molecule has 2 rings (SSSR count). The van der Waals surface area contributed by atoms with E-state index >= 15 is 0 Å². The van der Waals surface area contributed by atoms with Crippen LogP contribution in [0.2, 0.25) is 0 Å². The molecule has 0 unspecified atom stereocenters. The van der Waals surface area contributed by atoms with Crippen LogP contribution in [-0.4, -0.2) is 21.5 Å². The van der Waals surface area contributed by atoms with Gasteiger partial charge in [0.05, 0.1) is 15.9 Å². The molecule has 22 heavy (non-hydrogen) atoms. The molecule has 0 fully saturated rings. The summed E-state index contributed by atoms with van der Waals surface area (Å²) in [7, 11) is 0. The monoisotopic (exact) mass is 432 g/mol. The Morgan fingerprint density at radius 1 is 1.36 bits per heavy atom. The Hall–Kier alpha value is -1.21. The minimum Gasteiger partial charge on any atom is -0.442 e. The van der Waals surface area contributed by atoms with Gasteiger partial charge in [0.25, 0.3) is 0 Å². The lowest BCUT2D eigenvalue weighted by Crippen LogP contribution is -2.28. The van der Waals surface area contributed by atoms with Crippen molar-refractivity contribution < 1.29 is 13.9 Å². The molecule has 0 saturated heterocycles. The number of hydrogen-bond acceptors (Lipinski definition) is 3. The third-order valence-corrected chi connectivity index (χ3v) is 3.88. The van der Waals surface area contributed by atoms with Crippen molar-refractivity contribution >= 4 is 38.0 Å². The van der Waals surface area contributed by atoms with Gasteiger partial charge < -0.3 is 4.74 Å². The Labute approximate surface area is 144 Å². The predicted molar refractivity (Wildman–Crippen MR) is 89.6 cm³/mol. The van der Waals surface area contributed by atoms with Crippen molar-refractivity contribution in [3.05, 3.63) is 40.2 Å². The molecule has 1 aromatic heterocycles. The Kier molecular flexibility index (Phi) is 5.07. The van der Waals surface area contributed by atoms with Crippen LogP contribution in [0.4, 0.5) is 9.18 Å². The quantitative estimate of drug-likeness (QED) is 0.616. The SMILES string of the molecule is CC(C)(C)OC(=O)n1nc(-c2ccc(F)c(Br)c2)cc1CBr. The van der Waals surface area contributed by atoms with E-state index in [1.54, 1.807) is 39.0 Å². The van der Waals surface area contributed by atoms with Gasteiger partial charge >= 0.3 is 6.09 Å². The lowest BCUT2D eigenvalue weighted by Gasteiger charge is -2.19. The Morgan fingerprint density at radius 3 is 2.59 bits per heavy atom. The normalized spacial score (nSPS) is 11.5. The van der Waals surface area contributed by atoms with E-state index in [-0.39, 0.29) is 5.82 Å². The van der Waals surface area contributed by atoms with Gasteiger partial charge in [-0.15, -0.1) is 0 Å². The van der Waals surface area contributed by atoms with E-state index in [0.29, 0.717) is 26.8 Å². The number of alkyl halides is 1. The first-order chi connectivity index (χ1) is 10.2. The highest BCUT2D eigenvalue weighted by Crippen LogP contribution is 2.26. The first-order valence-electron chi connectivity index (χ1n) is 6.55. The van der Waals surface area contributed by atoms with Crippen LogP contribution in [-0.2, 0) is 10.1 Å². The minimum atomic E-state index is -0.605. The number of ether oxygens (including phenoxy) is 1. The zero-order chi connectivity index (χ0) is 16.5. The van der Waals surface area contributed by atoms with E-state index in [1.807, 2.05) is 0 Å². The average Bonchev–Trinajstić information content (AvgIpc) is 2.84. The summed E-state index contributed by atoms with van der Waals surface area (Å²) in [4.78, 5) is 12.2. The molecular formula is C15H15Br2FN2O2. The zero-order valence-corrected chi connectivity index (χ0v) is 15.5. The Morgan fingerprint density at radius 2 is 2.05 bits per heavy atom. The maximum absolute atomic E-state index is 13.3. The van der Waals surface area contributed by atoms with Crippen molar-refractivity contribution in [2.75, 3.05) is 0 Å². The number of benzene rings is 1. The molecule has 0 N–H and O–H groups in total. The number of hydrogen-bond donors (Lipinski definition) is 0. The van der Waals surface area contributed by atoms with Gasteiger partial charge in [0.1, 0.15) is 11.4 Å². The number of halogens is 3. The fourth-order valence-corrected chi connectivity index (χ4v) is 2.55. The molecule has 2 aromatic rings. The topological polar surface area (TPSA) is 44.1 Å². The van der Waals surface area contributed by atoms with Crippen LogP contribution in [0, 0.1) is 5.82 Å². The summed E-state index contributed by atoms with van der Waals surface area (Å²) in [5, 5.41) is 4.72. The lowest BCUT2D eigenvalue weighted by molar-refractivity contribution is 0.0511. The van der Waals surface area contributed by atoms with Crippen molar-refractivity contribution in [3.63, 3.8) is 0 Å². The largest absolute Gasteiger partial charge is 0.442 e. The van der Waals surface area contributed by atoms with E-state index in [2.05, 4.69) is 37.0 Å². The highest BCUT2D eigenvalue weighted by atomic mass is 79.9. The van der Waals surface area contributed by atoms with Crippen molar-refractivity contribution in [2.24, 2.45) is 0 Å². The average molecular weight is 434 g/mol. The summed E-state index contributed by atoms with van der Waals surface area (Å²) in [6.07, 6.45) is -0.547. The van der Waals surface area contributed by atoms with E-state index in [9.17, 15) is 9.18 Å². The van der Waals surface area contributed by atoms with Crippen LogP contribution in [0.25, 0.3) is 11.3 Å². The third kappa shape index (κ3) is 3.95. The number of carbonyl (C=O) groups is 1. The van der Waals surface area contributed by atoms with Crippen LogP contribution in [0.5, 0.6) is 0 Å². The van der Waals surface area contributed by atoms with Crippen molar-refractivity contribution in [1.29, 1.82) is 0 Å². The summed E-state index contributed by atoms with van der Waals surface area (Å²) in [6, 6.07) is 6.34. The summed E-state index contributed by atoms with van der Waals surface area (Å²) in [5.41, 5.74) is 1.33. The van der Waals surface area contributed by atoms with Crippen molar-refractivity contribution in [2.45, 2.75) is 31.7 Å². The number of rotatable bonds is 2. The molecule has 0 spiro atoms. The molecule has 0 aliphatic rings. The zero-order valence-electron chi connectivity index (χ0n) is 12.4. The molecule has 0 radical (unpaired) electrons. The third-order valence-electron chi connectivity index (χ3n) is 2.70. The Bertz CT molecular complexity index is 708. The second kappa shape index (κ2) is 6.50. The van der Waals surface area contributed by atoms with E-state index < -0.39 is 11.7 Å². The maximum atomic E-state index is 13.3. The second-order valence-electron chi connectivity index (χ2n) is 5.68. The first kappa shape index (κ1) is 17.1. The molecule has 118 valence electrons. The highest BCUT2D eigenvalue weighted by Gasteiger charge is 2.22. The molecule has 4 nitrogen and oxygen atoms in total. The molecular weight excluding hydrogens is 419 g/mol. The first-order valence-corrected chi connectivity index (χ1v) is 8.46. The van der Waals surface area contributed by atoms with Gasteiger partial charge in [-0.1, -0.05) is 15.9 Å². The molecule has 0 amide bonds. The summed E-state index contributed by atoms with van der Waals surface area (Å²) in [5.74, 6) is -0.351. The lowest BCUT2D eigenvalue weighted by atomic mass is 10.1. The number of aromatic nitrogens is 2. The second-order valence-corrected chi connectivity index (χ2v) is 7.09. The molecule has 0 atom stereocenters. The summed E-state index contributed by atoms with van der Waals surface area (Å²) < 4.78 is 20.2. The molecule has 0 saturated carbocycles. The van der Waals surface area contributed by atoms with Crippen LogP contribution in [0.3, 0.4) is 0 Å². The van der Waals surface area contributed by atoms with Crippen LogP contribution >= 0.6 is 31.9 Å². The molecule has 0 aliphatic carbocycles. The van der Waals surface area contributed by atoms with Gasteiger partial charge in [-0.2, -0.15) is 9.78 Å². The molecule has 1 aromatic carbocycles. The molecule has 0 aliphatic heterocycles. The molecule has 0 bridgehead atoms. The highest BCUT2D eigenvalue weighted by molar-refractivity contribution is 9.10. The summed E-state index contributed by atoms with van der Waals surface area (Å²) >= 11 is 6.47. The summed E-state index contributed by atoms with van der Waals surface area (Å²) in [6.45, 7) is 5.38. The van der Waals surface area contributed by atoms with Gasteiger partial charge in [0.15, 0.2) is 0 Å². The van der Waals surface area contributed by atoms with Crippen molar-refractivity contribution in [1.82, 2.24) is 9.78 Å². The number of nitrogens with zero attached hydrogens (tertiary/aromatic N) is 2. The number of carbonyl (C=O) groups excluding carboxylic acids is 1. The van der Waals surface area contributed by atoms with E-state index in [0.717, 1.165) is 0 Å². The molecule has 7 heteroatoms. The maximum Gasteiger partial charge on any atom is 0.435 e. The molecule has 1 heterocycles. The van der Waals surface area contributed by atoms with E-state index in [4.69, 9.17) is 4.74 Å². The standard InChI is InChI=1S/C15H15Br2FN2O2/c1-15(2,3)22-14(21)20-10(8-16)7-13(19-20)9-4-5-12(18)11(17)6-9/h4-7H,8H2,1-3H3. The minimum absolute atomic E-state index is 0.345. The van der Waals surface area contributed by atoms with Gasteiger partial charge in [0, 0.05) is 10.9 Å². The van der Waals surface area contributed by atoms with Crippen LogP contribution in [0.1, 0.15) is 26.5 Å². The fraction of sp³-hybridized carbons (Fsp3) is 0.333. The van der Waals surface area contributed by atoms with Gasteiger partial charge in [0.2, 0.25) is 0 Å². The predicted octanol–water partition coefficient (Wildman–Crippen LogP) is 5.13. The van der Waals surface area contributed by atoms with Crippen LogP contribution < -0.4 is 0 Å². The van der Waals surface area contributed by atoms with Gasteiger partial charge in [-0.05, 0) is 61.0 Å². The van der Waals surface area contributed by atoms with Gasteiger partial charge in [-0.25, -0.2) is 9.18 Å². The van der Waals surface area contributed by atoms with E-state index in [1.165, 1.54) is 10.7 Å². The Balaban J connectivity index is 2.40.